The van der Waals surface area contributed by atoms with Crippen molar-refractivity contribution in [2.75, 3.05) is 13.1 Å². The largest absolute Gasteiger partial charge is 0.316 e. The first-order chi connectivity index (χ1) is 8.32. The van der Waals surface area contributed by atoms with Crippen molar-refractivity contribution >= 4 is 0 Å². The summed E-state index contributed by atoms with van der Waals surface area (Å²) in [5.41, 5.74) is 3.65. The summed E-state index contributed by atoms with van der Waals surface area (Å²) in [7, 11) is 0. The molecule has 1 aliphatic carbocycles. The molecule has 1 heteroatoms. The molecule has 18 heavy (non-hydrogen) atoms. The van der Waals surface area contributed by atoms with Gasteiger partial charge in [-0.25, -0.2) is 0 Å². The van der Waals surface area contributed by atoms with Crippen molar-refractivity contribution in [3.63, 3.8) is 0 Å². The summed E-state index contributed by atoms with van der Waals surface area (Å²) in [6.07, 6.45) is 4.69. The van der Waals surface area contributed by atoms with E-state index >= 15 is 0 Å². The number of hydrogen-bond donors (Lipinski definition) is 1. The van der Waals surface area contributed by atoms with Gasteiger partial charge in [0, 0.05) is 12.0 Å². The van der Waals surface area contributed by atoms with Crippen LogP contribution in [0.5, 0.6) is 0 Å². The normalized spacial score (nSPS) is 32.2. The number of hydrogen-bond acceptors (Lipinski definition) is 1. The highest BCUT2D eigenvalue weighted by atomic mass is 14.9. The van der Waals surface area contributed by atoms with Crippen LogP contribution >= 0.6 is 0 Å². The first kappa shape index (κ1) is 15.5. The molecule has 0 bridgehead atoms. The second kappa shape index (κ2) is 5.61. The highest BCUT2D eigenvalue weighted by Crippen LogP contribution is 2.54. The molecule has 3 atom stereocenters. The molecule has 0 saturated carbocycles. The molecule has 1 N–H and O–H groups in total. The van der Waals surface area contributed by atoms with Crippen LogP contribution in [0.3, 0.4) is 0 Å². The zero-order chi connectivity index (χ0) is 14.0. The van der Waals surface area contributed by atoms with Crippen molar-refractivity contribution < 1.29 is 0 Å². The first-order valence-corrected chi connectivity index (χ1v) is 7.33. The van der Waals surface area contributed by atoms with Gasteiger partial charge in [-0.15, -0.1) is 6.58 Å². The van der Waals surface area contributed by atoms with Crippen LogP contribution in [0.25, 0.3) is 0 Å². The average molecular weight is 249 g/mol. The fourth-order valence-corrected chi connectivity index (χ4v) is 3.38. The summed E-state index contributed by atoms with van der Waals surface area (Å²) in [5.74, 6) is 0.632. The Morgan fingerprint density at radius 1 is 1.50 bits per heavy atom. The Bertz CT molecular complexity index is 342. The van der Waals surface area contributed by atoms with E-state index in [9.17, 15) is 0 Å². The van der Waals surface area contributed by atoms with Crippen molar-refractivity contribution in [3.8, 4) is 0 Å². The Morgan fingerprint density at radius 3 is 2.61 bits per heavy atom. The van der Waals surface area contributed by atoms with E-state index in [1.165, 1.54) is 12.8 Å². The molecule has 1 aliphatic rings. The van der Waals surface area contributed by atoms with Crippen LogP contribution in [-0.4, -0.2) is 13.1 Å². The Labute approximate surface area is 114 Å². The lowest BCUT2D eigenvalue weighted by Gasteiger charge is -2.52. The summed E-state index contributed by atoms with van der Waals surface area (Å²) in [5, 5.41) is 3.52. The maximum atomic E-state index is 4.13. The SMILES string of the molecule is C=CC(C)(CNCC)C1(C)CCC(C)=C(C)C1C. The molecule has 0 amide bonds. The van der Waals surface area contributed by atoms with Gasteiger partial charge in [0.2, 0.25) is 0 Å². The molecular weight excluding hydrogens is 218 g/mol. The summed E-state index contributed by atoms with van der Waals surface area (Å²) in [4.78, 5) is 0. The van der Waals surface area contributed by atoms with E-state index in [2.05, 4.69) is 59.5 Å². The lowest BCUT2D eigenvalue weighted by molar-refractivity contribution is 0.0507. The highest BCUT2D eigenvalue weighted by Gasteiger charge is 2.47. The highest BCUT2D eigenvalue weighted by molar-refractivity contribution is 5.23. The lowest BCUT2D eigenvalue weighted by atomic mass is 9.53. The molecule has 0 aliphatic heterocycles. The van der Waals surface area contributed by atoms with Gasteiger partial charge in [0.05, 0.1) is 0 Å². The summed E-state index contributed by atoms with van der Waals surface area (Å²) >= 11 is 0. The van der Waals surface area contributed by atoms with Crippen LogP contribution in [0.15, 0.2) is 23.8 Å². The van der Waals surface area contributed by atoms with Crippen LogP contribution in [0, 0.1) is 16.7 Å². The molecule has 1 rings (SSSR count). The van der Waals surface area contributed by atoms with Gasteiger partial charge in [-0.3, -0.25) is 0 Å². The van der Waals surface area contributed by atoms with Gasteiger partial charge in [0.25, 0.3) is 0 Å². The molecule has 1 nitrogen and oxygen atoms in total. The monoisotopic (exact) mass is 249 g/mol. The predicted molar refractivity (Wildman–Crippen MR) is 81.7 cm³/mol. The minimum atomic E-state index is 0.157. The molecule has 104 valence electrons. The third kappa shape index (κ3) is 2.42. The van der Waals surface area contributed by atoms with Gasteiger partial charge in [0.1, 0.15) is 0 Å². The van der Waals surface area contributed by atoms with Gasteiger partial charge >= 0.3 is 0 Å². The second-order valence-electron chi connectivity index (χ2n) is 6.50. The van der Waals surface area contributed by atoms with E-state index in [0.717, 1.165) is 13.1 Å². The van der Waals surface area contributed by atoms with Crippen molar-refractivity contribution in [1.29, 1.82) is 0 Å². The van der Waals surface area contributed by atoms with Gasteiger partial charge in [-0.2, -0.15) is 0 Å². The molecule has 3 unspecified atom stereocenters. The van der Waals surface area contributed by atoms with Crippen LogP contribution in [0.1, 0.15) is 54.4 Å². The lowest BCUT2D eigenvalue weighted by Crippen LogP contribution is -2.48. The van der Waals surface area contributed by atoms with Crippen LogP contribution in [0.4, 0.5) is 0 Å². The third-order valence-electron chi connectivity index (χ3n) is 5.80. The molecule has 0 spiro atoms. The zero-order valence-corrected chi connectivity index (χ0v) is 13.2. The van der Waals surface area contributed by atoms with Gasteiger partial charge in [0.15, 0.2) is 0 Å². The summed E-state index contributed by atoms with van der Waals surface area (Å²) in [6.45, 7) is 20.2. The predicted octanol–water partition coefficient (Wildman–Crippen LogP) is 4.56. The van der Waals surface area contributed by atoms with Crippen LogP contribution < -0.4 is 5.32 Å². The topological polar surface area (TPSA) is 12.0 Å². The van der Waals surface area contributed by atoms with Crippen LogP contribution in [-0.2, 0) is 0 Å². The Morgan fingerprint density at radius 2 is 2.11 bits per heavy atom. The van der Waals surface area contributed by atoms with Crippen molar-refractivity contribution in [3.05, 3.63) is 23.8 Å². The molecule has 0 fully saturated rings. The Kier molecular flexibility index (Phi) is 4.83. The Hall–Kier alpha value is -0.560. The maximum Gasteiger partial charge on any atom is 0.00451 e. The number of allylic oxidation sites excluding steroid dienone is 2. The van der Waals surface area contributed by atoms with Crippen molar-refractivity contribution in [2.45, 2.75) is 54.4 Å². The molecule has 0 aromatic carbocycles. The minimum absolute atomic E-state index is 0.157. The maximum absolute atomic E-state index is 4.13. The zero-order valence-electron chi connectivity index (χ0n) is 13.2. The van der Waals surface area contributed by atoms with E-state index in [0.29, 0.717) is 11.3 Å². The van der Waals surface area contributed by atoms with Gasteiger partial charge < -0.3 is 5.32 Å². The number of nitrogens with one attached hydrogen (secondary N) is 1. The van der Waals surface area contributed by atoms with Crippen molar-refractivity contribution in [1.82, 2.24) is 5.32 Å². The number of rotatable bonds is 5. The van der Waals surface area contributed by atoms with E-state index in [1.54, 1.807) is 11.1 Å². The molecule has 0 aromatic heterocycles. The Balaban J connectivity index is 3.08. The van der Waals surface area contributed by atoms with Gasteiger partial charge in [-0.1, -0.05) is 44.9 Å². The molecular formula is C17H31N. The standard InChI is InChI=1S/C17H31N/c1-8-16(6,12-18-9-2)17(7)11-10-13(3)14(4)15(17)5/h8,15,18H,1,9-12H2,2-7H3. The third-order valence-corrected chi connectivity index (χ3v) is 5.80. The average Bonchev–Trinajstić information content (AvgIpc) is 2.38. The van der Waals surface area contributed by atoms with Gasteiger partial charge in [-0.05, 0) is 44.6 Å². The summed E-state index contributed by atoms with van der Waals surface area (Å²) < 4.78 is 0. The van der Waals surface area contributed by atoms with E-state index in [-0.39, 0.29) is 5.41 Å². The first-order valence-electron chi connectivity index (χ1n) is 7.33. The van der Waals surface area contributed by atoms with E-state index in [4.69, 9.17) is 0 Å². The minimum Gasteiger partial charge on any atom is -0.316 e. The van der Waals surface area contributed by atoms with Crippen LogP contribution in [0.2, 0.25) is 0 Å². The smallest absolute Gasteiger partial charge is 0.00451 e. The molecule has 0 saturated heterocycles. The van der Waals surface area contributed by atoms with Crippen molar-refractivity contribution in [2.24, 2.45) is 16.7 Å². The quantitative estimate of drug-likeness (QED) is 0.704. The van der Waals surface area contributed by atoms with E-state index in [1.807, 2.05) is 0 Å². The fourth-order valence-electron chi connectivity index (χ4n) is 3.38. The molecule has 0 aromatic rings. The molecule has 0 radical (unpaired) electrons. The fraction of sp³-hybridized carbons (Fsp3) is 0.765. The van der Waals surface area contributed by atoms with E-state index < -0.39 is 0 Å². The summed E-state index contributed by atoms with van der Waals surface area (Å²) in [6, 6.07) is 0. The molecule has 0 heterocycles. The second-order valence-corrected chi connectivity index (χ2v) is 6.50.